The fourth-order valence-electron chi connectivity index (χ4n) is 1.83. The predicted octanol–water partition coefficient (Wildman–Crippen LogP) is 1.80. The number of carbonyl (C=O) groups is 2. The molecule has 2 rings (SSSR count). The van der Waals surface area contributed by atoms with E-state index in [0.29, 0.717) is 5.56 Å². The Hall–Kier alpha value is -2.60. The van der Waals surface area contributed by atoms with Crippen LogP contribution in [0.1, 0.15) is 17.3 Å². The van der Waals surface area contributed by atoms with Crippen LogP contribution in [-0.2, 0) is 14.3 Å². The maximum absolute atomic E-state index is 12.0. The standard InChI is InChI=1S/C16H17NO5/c1-10(2)15(19)21-8-11(18)9-22-16(20)13-7-17-14-6-4-3-5-12(13)14/h3-7,11,17-18H,1,8-9H2,2H3. The number of fused-ring (bicyclic) bond motifs is 1. The second-order valence-electron chi connectivity index (χ2n) is 4.88. The van der Waals surface area contributed by atoms with Gasteiger partial charge in [0.2, 0.25) is 0 Å². The molecule has 0 bridgehead atoms. The Bertz CT molecular complexity index is 703. The van der Waals surface area contributed by atoms with E-state index in [0.717, 1.165) is 10.9 Å². The fourth-order valence-corrected chi connectivity index (χ4v) is 1.83. The van der Waals surface area contributed by atoms with Gasteiger partial charge in [-0.2, -0.15) is 0 Å². The van der Waals surface area contributed by atoms with Crippen molar-refractivity contribution in [1.82, 2.24) is 4.98 Å². The minimum atomic E-state index is -1.09. The second kappa shape index (κ2) is 6.91. The van der Waals surface area contributed by atoms with E-state index in [9.17, 15) is 14.7 Å². The highest BCUT2D eigenvalue weighted by Crippen LogP contribution is 2.18. The highest BCUT2D eigenvalue weighted by molar-refractivity contribution is 6.03. The van der Waals surface area contributed by atoms with Crippen LogP contribution in [-0.4, -0.2) is 41.3 Å². The van der Waals surface area contributed by atoms with Crippen molar-refractivity contribution < 1.29 is 24.2 Å². The Balaban J connectivity index is 1.87. The van der Waals surface area contributed by atoms with E-state index in [1.807, 2.05) is 18.2 Å². The molecule has 0 saturated heterocycles. The number of rotatable bonds is 6. The summed E-state index contributed by atoms with van der Waals surface area (Å²) >= 11 is 0. The average Bonchev–Trinajstić information content (AvgIpc) is 2.94. The highest BCUT2D eigenvalue weighted by Gasteiger charge is 2.16. The van der Waals surface area contributed by atoms with Crippen molar-refractivity contribution in [3.8, 4) is 0 Å². The van der Waals surface area contributed by atoms with Gasteiger partial charge in [-0.25, -0.2) is 9.59 Å². The van der Waals surface area contributed by atoms with Crippen molar-refractivity contribution in [1.29, 1.82) is 0 Å². The van der Waals surface area contributed by atoms with Gasteiger partial charge in [0, 0.05) is 22.7 Å². The van der Waals surface area contributed by atoms with Crippen LogP contribution in [0.4, 0.5) is 0 Å². The molecule has 0 radical (unpaired) electrons. The maximum Gasteiger partial charge on any atom is 0.340 e. The van der Waals surface area contributed by atoms with Gasteiger partial charge in [-0.15, -0.1) is 0 Å². The van der Waals surface area contributed by atoms with Crippen LogP contribution >= 0.6 is 0 Å². The van der Waals surface area contributed by atoms with E-state index < -0.39 is 18.0 Å². The monoisotopic (exact) mass is 303 g/mol. The van der Waals surface area contributed by atoms with Gasteiger partial charge in [-0.1, -0.05) is 24.8 Å². The first-order valence-electron chi connectivity index (χ1n) is 6.73. The number of aromatic nitrogens is 1. The van der Waals surface area contributed by atoms with Crippen molar-refractivity contribution >= 4 is 22.8 Å². The van der Waals surface area contributed by atoms with Gasteiger partial charge >= 0.3 is 11.9 Å². The Kier molecular flexibility index (Phi) is 4.95. The van der Waals surface area contributed by atoms with Crippen LogP contribution in [0.15, 0.2) is 42.6 Å². The van der Waals surface area contributed by atoms with Crippen LogP contribution in [0.2, 0.25) is 0 Å². The molecular formula is C16H17NO5. The fraction of sp³-hybridized carbons (Fsp3) is 0.250. The SMILES string of the molecule is C=C(C)C(=O)OCC(O)COC(=O)c1c[nH]c2ccccc12. The third kappa shape index (κ3) is 3.73. The summed E-state index contributed by atoms with van der Waals surface area (Å²) in [4.78, 5) is 26.1. The smallest absolute Gasteiger partial charge is 0.340 e. The van der Waals surface area contributed by atoms with Gasteiger partial charge in [-0.05, 0) is 13.0 Å². The molecule has 116 valence electrons. The van der Waals surface area contributed by atoms with Gasteiger partial charge < -0.3 is 19.6 Å². The zero-order chi connectivity index (χ0) is 16.1. The van der Waals surface area contributed by atoms with E-state index in [1.54, 1.807) is 12.3 Å². The molecule has 1 unspecified atom stereocenters. The third-order valence-corrected chi connectivity index (χ3v) is 2.97. The molecule has 0 fully saturated rings. The molecule has 1 aromatic carbocycles. The van der Waals surface area contributed by atoms with Crippen LogP contribution < -0.4 is 0 Å². The minimum Gasteiger partial charge on any atom is -0.459 e. The van der Waals surface area contributed by atoms with E-state index in [2.05, 4.69) is 11.6 Å². The number of carbonyl (C=O) groups excluding carboxylic acids is 2. The maximum atomic E-state index is 12.0. The van der Waals surface area contributed by atoms with Gasteiger partial charge in [0.1, 0.15) is 19.3 Å². The van der Waals surface area contributed by atoms with Crippen LogP contribution in [0.25, 0.3) is 10.9 Å². The summed E-state index contributed by atoms with van der Waals surface area (Å²) in [7, 11) is 0. The van der Waals surface area contributed by atoms with Crippen molar-refractivity contribution in [2.24, 2.45) is 0 Å². The number of para-hydroxylation sites is 1. The Morgan fingerprint density at radius 2 is 1.95 bits per heavy atom. The molecule has 0 amide bonds. The summed E-state index contributed by atoms with van der Waals surface area (Å²) in [6.07, 6.45) is 0.470. The number of aliphatic hydroxyl groups excluding tert-OH is 1. The van der Waals surface area contributed by atoms with Crippen molar-refractivity contribution in [2.75, 3.05) is 13.2 Å². The number of esters is 2. The normalized spacial score (nSPS) is 11.9. The molecule has 1 atom stereocenters. The lowest BCUT2D eigenvalue weighted by Crippen LogP contribution is -2.25. The molecule has 22 heavy (non-hydrogen) atoms. The van der Waals surface area contributed by atoms with E-state index in [-0.39, 0.29) is 18.8 Å². The number of aliphatic hydroxyl groups is 1. The summed E-state index contributed by atoms with van der Waals surface area (Å²) in [5, 5.41) is 10.4. The molecule has 6 nitrogen and oxygen atoms in total. The lowest BCUT2D eigenvalue weighted by Gasteiger charge is -2.11. The second-order valence-corrected chi connectivity index (χ2v) is 4.88. The predicted molar refractivity (Wildman–Crippen MR) is 80.4 cm³/mol. The molecule has 2 N–H and O–H groups in total. The first-order chi connectivity index (χ1) is 10.5. The summed E-state index contributed by atoms with van der Waals surface area (Å²) in [5.41, 5.74) is 1.45. The lowest BCUT2D eigenvalue weighted by molar-refractivity contribution is -0.142. The van der Waals surface area contributed by atoms with Gasteiger partial charge in [0.15, 0.2) is 0 Å². The minimum absolute atomic E-state index is 0.239. The van der Waals surface area contributed by atoms with Crippen molar-refractivity contribution in [3.05, 3.63) is 48.2 Å². The zero-order valence-electron chi connectivity index (χ0n) is 12.2. The molecule has 1 aromatic heterocycles. The summed E-state index contributed by atoms with van der Waals surface area (Å²) < 4.78 is 9.80. The molecule has 0 spiro atoms. The number of H-pyrrole nitrogens is 1. The first kappa shape index (κ1) is 15.8. The Labute approximate surface area is 127 Å². The summed E-state index contributed by atoms with van der Waals surface area (Å²) in [5.74, 6) is -1.15. The number of hydrogen-bond acceptors (Lipinski definition) is 5. The number of benzene rings is 1. The van der Waals surface area contributed by atoms with Crippen LogP contribution in [0, 0.1) is 0 Å². The quantitative estimate of drug-likeness (QED) is 0.627. The zero-order valence-corrected chi connectivity index (χ0v) is 12.2. The molecule has 6 heteroatoms. The van der Waals surface area contributed by atoms with Crippen LogP contribution in [0.5, 0.6) is 0 Å². The number of hydrogen-bond donors (Lipinski definition) is 2. The molecule has 0 aliphatic carbocycles. The highest BCUT2D eigenvalue weighted by atomic mass is 16.6. The summed E-state index contributed by atoms with van der Waals surface area (Å²) in [6.45, 7) is 4.41. The molecular weight excluding hydrogens is 286 g/mol. The average molecular weight is 303 g/mol. The lowest BCUT2D eigenvalue weighted by atomic mass is 10.2. The van der Waals surface area contributed by atoms with Gasteiger partial charge in [0.05, 0.1) is 5.56 Å². The Morgan fingerprint density at radius 1 is 1.27 bits per heavy atom. The molecule has 2 aromatic rings. The molecule has 0 aliphatic heterocycles. The van der Waals surface area contributed by atoms with Crippen molar-refractivity contribution in [2.45, 2.75) is 13.0 Å². The van der Waals surface area contributed by atoms with Gasteiger partial charge in [0.25, 0.3) is 0 Å². The van der Waals surface area contributed by atoms with Gasteiger partial charge in [-0.3, -0.25) is 0 Å². The third-order valence-electron chi connectivity index (χ3n) is 2.97. The summed E-state index contributed by atoms with van der Waals surface area (Å²) in [6, 6.07) is 7.32. The van der Waals surface area contributed by atoms with E-state index in [4.69, 9.17) is 9.47 Å². The number of nitrogens with one attached hydrogen (secondary N) is 1. The van der Waals surface area contributed by atoms with E-state index in [1.165, 1.54) is 6.92 Å². The largest absolute Gasteiger partial charge is 0.459 e. The van der Waals surface area contributed by atoms with E-state index >= 15 is 0 Å². The molecule has 0 saturated carbocycles. The molecule has 0 aliphatic rings. The molecule has 1 heterocycles. The number of ether oxygens (including phenoxy) is 2. The topological polar surface area (TPSA) is 88.6 Å². The first-order valence-corrected chi connectivity index (χ1v) is 6.73. The van der Waals surface area contributed by atoms with Crippen LogP contribution in [0.3, 0.4) is 0 Å². The van der Waals surface area contributed by atoms with Crippen molar-refractivity contribution in [3.63, 3.8) is 0 Å². The Morgan fingerprint density at radius 3 is 2.68 bits per heavy atom. The number of aromatic amines is 1.